The SMILES string of the molecule is COc1ccc(NC(=O)COCCOCCNC(C)C)c(O)c1C(N)=O. The average Bonchev–Trinajstić information content (AvgIpc) is 2.58. The molecule has 0 unspecified atom stereocenters. The molecular formula is C17H27N3O6. The van der Waals surface area contributed by atoms with Crippen LogP contribution in [-0.2, 0) is 14.3 Å². The maximum Gasteiger partial charge on any atom is 0.256 e. The minimum absolute atomic E-state index is 0.0456. The Morgan fingerprint density at radius 1 is 1.19 bits per heavy atom. The normalized spacial score (nSPS) is 10.8. The van der Waals surface area contributed by atoms with Crippen molar-refractivity contribution in [3.63, 3.8) is 0 Å². The predicted octanol–water partition coefficient (Wildman–Crippen LogP) is 0.469. The van der Waals surface area contributed by atoms with Crippen LogP contribution < -0.4 is 21.1 Å². The fourth-order valence-electron chi connectivity index (χ4n) is 2.07. The summed E-state index contributed by atoms with van der Waals surface area (Å²) >= 11 is 0. The van der Waals surface area contributed by atoms with Gasteiger partial charge in [-0.15, -0.1) is 0 Å². The number of nitrogens with one attached hydrogen (secondary N) is 2. The van der Waals surface area contributed by atoms with E-state index in [-0.39, 0.29) is 30.2 Å². The highest BCUT2D eigenvalue weighted by molar-refractivity contribution is 6.02. The lowest BCUT2D eigenvalue weighted by Gasteiger charge is -2.13. The molecule has 9 nitrogen and oxygen atoms in total. The van der Waals surface area contributed by atoms with Crippen molar-refractivity contribution in [2.24, 2.45) is 5.73 Å². The number of anilines is 1. The van der Waals surface area contributed by atoms with Crippen LogP contribution in [0.1, 0.15) is 24.2 Å². The van der Waals surface area contributed by atoms with Crippen LogP contribution in [0.3, 0.4) is 0 Å². The van der Waals surface area contributed by atoms with Gasteiger partial charge in [0.2, 0.25) is 5.91 Å². The van der Waals surface area contributed by atoms with E-state index in [0.717, 1.165) is 6.54 Å². The highest BCUT2D eigenvalue weighted by atomic mass is 16.5. The highest BCUT2D eigenvalue weighted by Crippen LogP contribution is 2.34. The predicted molar refractivity (Wildman–Crippen MR) is 96.6 cm³/mol. The van der Waals surface area contributed by atoms with E-state index in [1.807, 2.05) is 0 Å². The number of phenols is 1. The number of carbonyl (C=O) groups excluding carboxylic acids is 2. The fourth-order valence-corrected chi connectivity index (χ4v) is 2.07. The molecule has 2 amide bonds. The van der Waals surface area contributed by atoms with Crippen molar-refractivity contribution in [1.29, 1.82) is 0 Å². The number of aromatic hydroxyl groups is 1. The molecule has 0 saturated carbocycles. The van der Waals surface area contributed by atoms with Gasteiger partial charge in [-0.2, -0.15) is 0 Å². The van der Waals surface area contributed by atoms with Gasteiger partial charge in [0, 0.05) is 12.6 Å². The number of hydrogen-bond acceptors (Lipinski definition) is 7. The quantitative estimate of drug-likeness (QED) is 0.311. The molecule has 0 aromatic heterocycles. The summed E-state index contributed by atoms with van der Waals surface area (Å²) in [5.74, 6) is -1.68. The highest BCUT2D eigenvalue weighted by Gasteiger charge is 2.19. The molecule has 26 heavy (non-hydrogen) atoms. The smallest absolute Gasteiger partial charge is 0.256 e. The Bertz CT molecular complexity index is 606. The maximum atomic E-state index is 11.9. The number of benzene rings is 1. The zero-order valence-corrected chi connectivity index (χ0v) is 15.3. The molecule has 0 aliphatic rings. The van der Waals surface area contributed by atoms with Crippen molar-refractivity contribution in [2.75, 3.05) is 45.4 Å². The molecule has 0 bridgehead atoms. The van der Waals surface area contributed by atoms with Crippen LogP contribution in [0, 0.1) is 0 Å². The van der Waals surface area contributed by atoms with Crippen LogP contribution >= 0.6 is 0 Å². The second-order valence-corrected chi connectivity index (χ2v) is 5.73. The summed E-state index contributed by atoms with van der Waals surface area (Å²) in [6, 6.07) is 3.24. The van der Waals surface area contributed by atoms with Crippen LogP contribution in [0.2, 0.25) is 0 Å². The van der Waals surface area contributed by atoms with Crippen LogP contribution in [0.4, 0.5) is 5.69 Å². The number of amides is 2. The van der Waals surface area contributed by atoms with E-state index in [1.165, 1.54) is 19.2 Å². The molecule has 1 rings (SSSR count). The van der Waals surface area contributed by atoms with Gasteiger partial charge in [0.1, 0.15) is 17.9 Å². The lowest BCUT2D eigenvalue weighted by molar-refractivity contribution is -0.121. The molecule has 0 saturated heterocycles. The second-order valence-electron chi connectivity index (χ2n) is 5.73. The minimum Gasteiger partial charge on any atom is -0.505 e. The Labute approximate surface area is 152 Å². The molecule has 0 aliphatic heterocycles. The topological polar surface area (TPSA) is 132 Å². The van der Waals surface area contributed by atoms with Crippen molar-refractivity contribution < 1.29 is 28.9 Å². The van der Waals surface area contributed by atoms with Crippen molar-refractivity contribution in [3.8, 4) is 11.5 Å². The lowest BCUT2D eigenvalue weighted by Crippen LogP contribution is -2.27. The largest absolute Gasteiger partial charge is 0.505 e. The lowest BCUT2D eigenvalue weighted by atomic mass is 10.1. The zero-order chi connectivity index (χ0) is 19.5. The molecule has 146 valence electrons. The summed E-state index contributed by atoms with van der Waals surface area (Å²) in [5, 5.41) is 15.8. The maximum absolute atomic E-state index is 11.9. The first-order valence-electron chi connectivity index (χ1n) is 8.25. The number of ether oxygens (including phenoxy) is 3. The first-order chi connectivity index (χ1) is 12.4. The Kier molecular flexibility index (Phi) is 9.42. The molecule has 0 radical (unpaired) electrons. The summed E-state index contributed by atoms with van der Waals surface area (Å²) in [7, 11) is 1.34. The first kappa shape index (κ1) is 21.7. The van der Waals surface area contributed by atoms with Gasteiger partial charge >= 0.3 is 0 Å². The molecule has 0 spiro atoms. The van der Waals surface area contributed by atoms with Gasteiger partial charge < -0.3 is 35.7 Å². The molecule has 1 aromatic carbocycles. The second kappa shape index (κ2) is 11.3. The van der Waals surface area contributed by atoms with Gasteiger partial charge in [-0.05, 0) is 12.1 Å². The number of primary amides is 1. The van der Waals surface area contributed by atoms with Gasteiger partial charge in [0.25, 0.3) is 5.91 Å². The monoisotopic (exact) mass is 369 g/mol. The summed E-state index contributed by atoms with van der Waals surface area (Å²) in [6.07, 6.45) is 0. The average molecular weight is 369 g/mol. The van der Waals surface area contributed by atoms with Gasteiger partial charge in [-0.3, -0.25) is 9.59 Å². The number of nitrogens with two attached hydrogens (primary N) is 1. The number of rotatable bonds is 12. The standard InChI is InChI=1S/C17H27N3O6/c1-11(2)19-6-7-25-8-9-26-10-14(21)20-12-4-5-13(24-3)15(16(12)22)17(18)23/h4-5,11,19,22H,6-10H2,1-3H3,(H2,18,23)(H,20,21). The number of methoxy groups -OCH3 is 1. The Hall–Kier alpha value is -2.36. The van der Waals surface area contributed by atoms with Crippen molar-refractivity contribution >= 4 is 17.5 Å². The molecule has 1 aromatic rings. The fraction of sp³-hybridized carbons (Fsp3) is 0.529. The molecule has 0 fully saturated rings. The number of hydrogen-bond donors (Lipinski definition) is 4. The summed E-state index contributed by atoms with van der Waals surface area (Å²) in [4.78, 5) is 23.3. The van der Waals surface area contributed by atoms with Crippen LogP contribution in [0.25, 0.3) is 0 Å². The van der Waals surface area contributed by atoms with E-state index in [0.29, 0.717) is 19.3 Å². The van der Waals surface area contributed by atoms with Gasteiger partial charge in [0.15, 0.2) is 5.75 Å². The molecule has 0 heterocycles. The molecule has 0 atom stereocenters. The van der Waals surface area contributed by atoms with E-state index in [1.54, 1.807) is 0 Å². The molecule has 0 aliphatic carbocycles. The van der Waals surface area contributed by atoms with E-state index in [2.05, 4.69) is 24.5 Å². The van der Waals surface area contributed by atoms with Crippen molar-refractivity contribution in [2.45, 2.75) is 19.9 Å². The van der Waals surface area contributed by atoms with E-state index >= 15 is 0 Å². The van der Waals surface area contributed by atoms with Gasteiger partial charge in [-0.25, -0.2) is 0 Å². The third-order valence-corrected chi connectivity index (χ3v) is 3.28. The van der Waals surface area contributed by atoms with E-state index < -0.39 is 17.6 Å². The van der Waals surface area contributed by atoms with Crippen LogP contribution in [0.15, 0.2) is 12.1 Å². The number of carbonyl (C=O) groups is 2. The van der Waals surface area contributed by atoms with E-state index in [9.17, 15) is 14.7 Å². The van der Waals surface area contributed by atoms with Crippen LogP contribution in [-0.4, -0.2) is 63.0 Å². The molecule has 9 heteroatoms. The van der Waals surface area contributed by atoms with Gasteiger partial charge in [-0.1, -0.05) is 13.8 Å². The van der Waals surface area contributed by atoms with Crippen LogP contribution in [0.5, 0.6) is 11.5 Å². The summed E-state index contributed by atoms with van der Waals surface area (Å²) in [5.41, 5.74) is 5.07. The zero-order valence-electron chi connectivity index (χ0n) is 15.3. The summed E-state index contributed by atoms with van der Waals surface area (Å²) in [6.45, 7) is 5.82. The Morgan fingerprint density at radius 3 is 2.50 bits per heavy atom. The third-order valence-electron chi connectivity index (χ3n) is 3.28. The van der Waals surface area contributed by atoms with Crippen molar-refractivity contribution in [1.82, 2.24) is 5.32 Å². The third kappa shape index (κ3) is 7.26. The molecule has 5 N–H and O–H groups in total. The van der Waals surface area contributed by atoms with Gasteiger partial charge in [0.05, 0.1) is 32.6 Å². The molecular weight excluding hydrogens is 342 g/mol. The Balaban J connectivity index is 2.38. The minimum atomic E-state index is -0.865. The summed E-state index contributed by atoms with van der Waals surface area (Å²) < 4.78 is 15.5. The van der Waals surface area contributed by atoms with Crippen molar-refractivity contribution in [3.05, 3.63) is 17.7 Å². The Morgan fingerprint density at radius 2 is 1.88 bits per heavy atom. The van der Waals surface area contributed by atoms with E-state index in [4.69, 9.17) is 19.9 Å². The first-order valence-corrected chi connectivity index (χ1v) is 8.25.